The number of halogens is 1. The van der Waals surface area contributed by atoms with Crippen molar-refractivity contribution in [3.8, 4) is 0 Å². The van der Waals surface area contributed by atoms with Crippen LogP contribution in [0, 0.1) is 0 Å². The van der Waals surface area contributed by atoms with E-state index in [0.717, 1.165) is 0 Å². The number of hydrogen-bond acceptors (Lipinski definition) is 1. The van der Waals surface area contributed by atoms with Gasteiger partial charge in [-0.2, -0.15) is 0 Å². The minimum atomic E-state index is -0.400. The van der Waals surface area contributed by atoms with Crippen molar-refractivity contribution in [2.75, 3.05) is 7.05 Å². The maximum Gasteiger partial charge on any atom is 0.362 e. The Morgan fingerprint density at radius 1 is 1.33 bits per heavy atom. The summed E-state index contributed by atoms with van der Waals surface area (Å²) in [5.41, 5.74) is 0. The average molecular weight is 124 g/mol. The molecule has 0 heterocycles. The topological polar surface area (TPSA) is 12.0 Å². The van der Waals surface area contributed by atoms with E-state index < -0.39 is 14.4 Å². The summed E-state index contributed by atoms with van der Waals surface area (Å²) in [6.45, 7) is 0. The lowest BCUT2D eigenvalue weighted by Crippen LogP contribution is -2.21. The Hall–Kier alpha value is 0.782. The first-order valence-electron chi connectivity index (χ1n) is 1.94. The molecule has 0 spiro atoms. The normalized spacial score (nSPS) is 6.50. The summed E-state index contributed by atoms with van der Waals surface area (Å²) in [5, 5.41) is 0. The van der Waals surface area contributed by atoms with Gasteiger partial charge in [0.15, 0.2) is 0 Å². The lowest BCUT2D eigenvalue weighted by molar-refractivity contribution is 1.21. The summed E-state index contributed by atoms with van der Waals surface area (Å²) >= 11 is -0.400. The third kappa shape index (κ3) is 8.84. The van der Waals surface area contributed by atoms with Gasteiger partial charge in [0.2, 0.25) is 0 Å². The van der Waals surface area contributed by atoms with Gasteiger partial charge in [0.25, 0.3) is 0 Å². The van der Waals surface area contributed by atoms with Crippen LogP contribution in [0.3, 0.4) is 0 Å². The van der Waals surface area contributed by atoms with Crippen LogP contribution >= 0.6 is 12.4 Å². The van der Waals surface area contributed by atoms with Gasteiger partial charge in [-0.3, -0.25) is 0 Å². The van der Waals surface area contributed by atoms with Crippen LogP contribution in [0.4, 0.5) is 0 Å². The number of nitrogens with one attached hydrogen (secondary N) is 1. The molecule has 0 aliphatic carbocycles. The van der Waals surface area contributed by atoms with E-state index in [1.165, 1.54) is 0 Å². The minimum Gasteiger partial charge on any atom is -0.401 e. The lowest BCUT2D eigenvalue weighted by Gasteiger charge is -1.86. The van der Waals surface area contributed by atoms with Crippen LogP contribution in [0.5, 0.6) is 0 Å². The number of rotatable bonds is 1. The molecule has 6 heavy (non-hydrogen) atoms. The van der Waals surface area contributed by atoms with Crippen molar-refractivity contribution in [2.24, 2.45) is 0 Å². The first-order chi connectivity index (χ1) is 2.27. The Kier molecular flexibility index (Phi) is 9.56. The van der Waals surface area contributed by atoms with Crippen LogP contribution in [0.15, 0.2) is 0 Å². The molecule has 3 heteroatoms. The smallest absolute Gasteiger partial charge is 0.362 e. The summed E-state index contributed by atoms with van der Waals surface area (Å²) in [7, 11) is 2.01. The molecule has 0 unspecified atom stereocenters. The Morgan fingerprint density at radius 3 is 1.50 bits per heavy atom. The van der Waals surface area contributed by atoms with Gasteiger partial charge in [-0.05, 0) is 7.05 Å². The average Bonchev–Trinajstić information content (AvgIpc) is 1.38. The SMILES string of the molecule is C[NH][Al]([CH3])[CH3].Cl. The highest BCUT2D eigenvalue weighted by Gasteiger charge is 1.92. The van der Waals surface area contributed by atoms with Gasteiger partial charge < -0.3 is 4.30 Å². The number of hydrogen-bond donors (Lipinski definition) is 1. The third-order valence-corrected chi connectivity index (χ3v) is 1.73. The van der Waals surface area contributed by atoms with Crippen molar-refractivity contribution < 1.29 is 0 Å². The second-order valence-electron chi connectivity index (χ2n) is 1.44. The first kappa shape index (κ1) is 9.92. The maximum absolute atomic E-state index is 3.17. The van der Waals surface area contributed by atoms with Crippen LogP contribution in [0.2, 0.25) is 11.6 Å². The van der Waals surface area contributed by atoms with Gasteiger partial charge in [-0.25, -0.2) is 0 Å². The highest BCUT2D eigenvalue weighted by atomic mass is 35.5. The van der Waals surface area contributed by atoms with E-state index in [9.17, 15) is 0 Å². The molecule has 0 saturated carbocycles. The second-order valence-corrected chi connectivity index (χ2v) is 4.33. The van der Waals surface area contributed by atoms with Gasteiger partial charge in [0, 0.05) is 0 Å². The third-order valence-electron chi connectivity index (χ3n) is 0.577. The summed E-state index contributed by atoms with van der Waals surface area (Å²) in [5.74, 6) is 4.50. The molecule has 0 aromatic rings. The molecule has 0 saturated heterocycles. The predicted molar refractivity (Wildman–Crippen MR) is 33.8 cm³/mol. The van der Waals surface area contributed by atoms with E-state index in [1.807, 2.05) is 7.05 Å². The van der Waals surface area contributed by atoms with E-state index in [-0.39, 0.29) is 12.4 Å². The van der Waals surface area contributed by atoms with E-state index in [1.54, 1.807) is 0 Å². The van der Waals surface area contributed by atoms with Crippen molar-refractivity contribution in [1.29, 1.82) is 0 Å². The standard InChI is InChI=1S/CH4N.2CH3.Al.ClH/c1-2;;;;/h2H,1H3;2*1H3;;1H/q-1;;;+1;. The van der Waals surface area contributed by atoms with Crippen LogP contribution in [0.1, 0.15) is 0 Å². The van der Waals surface area contributed by atoms with Crippen LogP contribution < -0.4 is 4.30 Å². The second kappa shape index (κ2) is 5.78. The summed E-state index contributed by atoms with van der Waals surface area (Å²) < 4.78 is 3.17. The molecule has 0 bridgehead atoms. The first-order valence-corrected chi connectivity index (χ1v) is 4.83. The molecule has 0 aromatic carbocycles. The van der Waals surface area contributed by atoms with Gasteiger partial charge in [-0.1, -0.05) is 11.6 Å². The fourth-order valence-corrected chi connectivity index (χ4v) is 0. The Bertz CT molecular complexity index is 24.8. The van der Waals surface area contributed by atoms with Crippen molar-refractivity contribution >= 4 is 26.8 Å². The molecule has 0 amide bonds. The van der Waals surface area contributed by atoms with E-state index >= 15 is 0 Å². The Labute approximate surface area is 50.1 Å². The molecule has 0 aliphatic heterocycles. The van der Waals surface area contributed by atoms with Crippen LogP contribution in [-0.2, 0) is 0 Å². The van der Waals surface area contributed by atoms with Crippen LogP contribution in [-0.4, -0.2) is 21.4 Å². The lowest BCUT2D eigenvalue weighted by atomic mass is 11.6. The molecule has 0 rings (SSSR count). The van der Waals surface area contributed by atoms with Gasteiger partial charge >= 0.3 is 14.4 Å². The molecular weight excluding hydrogens is 112 g/mol. The zero-order chi connectivity index (χ0) is 4.28. The largest absolute Gasteiger partial charge is 0.401 e. The van der Waals surface area contributed by atoms with Gasteiger partial charge in [0.05, 0.1) is 0 Å². The molecule has 1 N–H and O–H groups in total. The molecule has 0 aliphatic rings. The Balaban J connectivity index is 0. The van der Waals surface area contributed by atoms with Crippen molar-refractivity contribution in [2.45, 2.75) is 11.6 Å². The van der Waals surface area contributed by atoms with Crippen molar-refractivity contribution in [3.05, 3.63) is 0 Å². The summed E-state index contributed by atoms with van der Waals surface area (Å²) in [6, 6.07) is 0. The minimum absolute atomic E-state index is 0. The molecule has 0 fully saturated rings. The molecule has 0 radical (unpaired) electrons. The molecular formula is C3H11AlClN. The highest BCUT2D eigenvalue weighted by Crippen LogP contribution is 1.62. The predicted octanol–water partition coefficient (Wildman–Crippen LogP) is 0.879. The fourth-order valence-electron chi connectivity index (χ4n) is 0. The molecule has 1 nitrogen and oxygen atoms in total. The van der Waals surface area contributed by atoms with Crippen molar-refractivity contribution in [1.82, 2.24) is 4.30 Å². The van der Waals surface area contributed by atoms with Gasteiger partial charge in [0.1, 0.15) is 0 Å². The molecule has 0 atom stereocenters. The zero-order valence-electron chi connectivity index (χ0n) is 4.49. The van der Waals surface area contributed by atoms with E-state index in [2.05, 4.69) is 15.9 Å². The van der Waals surface area contributed by atoms with Gasteiger partial charge in [-0.15, -0.1) is 12.4 Å². The maximum atomic E-state index is 3.17. The van der Waals surface area contributed by atoms with E-state index in [4.69, 9.17) is 0 Å². The molecule has 38 valence electrons. The van der Waals surface area contributed by atoms with E-state index in [0.29, 0.717) is 0 Å². The quantitative estimate of drug-likeness (QED) is 0.511. The molecule has 0 aromatic heterocycles. The van der Waals surface area contributed by atoms with Crippen LogP contribution in [0.25, 0.3) is 0 Å². The van der Waals surface area contributed by atoms with Crippen molar-refractivity contribution in [3.63, 3.8) is 0 Å². The summed E-state index contributed by atoms with van der Waals surface area (Å²) in [4.78, 5) is 0. The highest BCUT2D eigenvalue weighted by molar-refractivity contribution is 6.52. The summed E-state index contributed by atoms with van der Waals surface area (Å²) in [6.07, 6.45) is 0. The zero-order valence-corrected chi connectivity index (χ0v) is 6.46. The Morgan fingerprint density at radius 2 is 1.50 bits per heavy atom. The monoisotopic (exact) mass is 123 g/mol. The fraction of sp³-hybridized carbons (Fsp3) is 1.00.